The van der Waals surface area contributed by atoms with E-state index in [0.29, 0.717) is 12.2 Å². The van der Waals surface area contributed by atoms with E-state index in [-0.39, 0.29) is 6.04 Å². The summed E-state index contributed by atoms with van der Waals surface area (Å²) < 4.78 is 5.40. The van der Waals surface area contributed by atoms with Crippen LogP contribution >= 0.6 is 0 Å². The zero-order valence-corrected chi connectivity index (χ0v) is 7.16. The van der Waals surface area contributed by atoms with Gasteiger partial charge < -0.3 is 10.5 Å². The molecule has 1 heterocycles. The standard InChI is InChI=1S/C10H10N2O/c11-6-7-1-2-10-8(5-7)9(12)3-4-13-10/h1-2,5,9H,3-4,12H2/t9-/m1/s1. The first-order valence-electron chi connectivity index (χ1n) is 4.23. The highest BCUT2D eigenvalue weighted by molar-refractivity contribution is 5.44. The maximum absolute atomic E-state index is 8.69. The average Bonchev–Trinajstić information content (AvgIpc) is 2.18. The van der Waals surface area contributed by atoms with E-state index in [0.717, 1.165) is 17.7 Å². The first-order chi connectivity index (χ1) is 6.31. The molecule has 0 aliphatic carbocycles. The molecule has 0 bridgehead atoms. The molecule has 1 atom stereocenters. The van der Waals surface area contributed by atoms with E-state index in [4.69, 9.17) is 15.7 Å². The molecule has 0 unspecified atom stereocenters. The maximum atomic E-state index is 8.69. The third-order valence-electron chi connectivity index (χ3n) is 2.22. The Morgan fingerprint density at radius 2 is 2.38 bits per heavy atom. The Hall–Kier alpha value is -1.53. The zero-order valence-electron chi connectivity index (χ0n) is 7.16. The molecule has 0 amide bonds. The smallest absolute Gasteiger partial charge is 0.124 e. The van der Waals surface area contributed by atoms with E-state index in [9.17, 15) is 0 Å². The summed E-state index contributed by atoms with van der Waals surface area (Å²) in [5.41, 5.74) is 7.47. The number of fused-ring (bicyclic) bond motifs is 1. The summed E-state index contributed by atoms with van der Waals surface area (Å²) in [7, 11) is 0. The summed E-state index contributed by atoms with van der Waals surface area (Å²) in [6.07, 6.45) is 0.821. The number of nitriles is 1. The molecule has 0 saturated heterocycles. The van der Waals surface area contributed by atoms with Crippen LogP contribution in [-0.2, 0) is 0 Å². The molecule has 0 fully saturated rings. The van der Waals surface area contributed by atoms with Crippen molar-refractivity contribution >= 4 is 0 Å². The van der Waals surface area contributed by atoms with Crippen molar-refractivity contribution in [1.82, 2.24) is 0 Å². The molecule has 2 N–H and O–H groups in total. The van der Waals surface area contributed by atoms with Gasteiger partial charge in [0.1, 0.15) is 5.75 Å². The number of nitrogens with two attached hydrogens (primary N) is 1. The largest absolute Gasteiger partial charge is 0.493 e. The Kier molecular flexibility index (Phi) is 1.91. The molecule has 2 rings (SSSR count). The van der Waals surface area contributed by atoms with Crippen LogP contribution in [0.5, 0.6) is 5.75 Å². The van der Waals surface area contributed by atoms with Crippen molar-refractivity contribution in [3.8, 4) is 11.8 Å². The summed E-state index contributed by atoms with van der Waals surface area (Å²) in [5, 5.41) is 8.69. The highest BCUT2D eigenvalue weighted by atomic mass is 16.5. The van der Waals surface area contributed by atoms with Crippen molar-refractivity contribution in [3.05, 3.63) is 29.3 Å². The van der Waals surface area contributed by atoms with Crippen molar-refractivity contribution in [3.63, 3.8) is 0 Å². The predicted octanol–water partition coefficient (Wildman–Crippen LogP) is 1.34. The number of benzene rings is 1. The Labute approximate surface area is 76.7 Å². The molecule has 13 heavy (non-hydrogen) atoms. The lowest BCUT2D eigenvalue weighted by Gasteiger charge is -2.22. The van der Waals surface area contributed by atoms with Crippen molar-refractivity contribution in [2.45, 2.75) is 12.5 Å². The van der Waals surface area contributed by atoms with Crippen molar-refractivity contribution in [1.29, 1.82) is 5.26 Å². The van der Waals surface area contributed by atoms with Crippen LogP contribution in [0.1, 0.15) is 23.6 Å². The zero-order chi connectivity index (χ0) is 9.26. The van der Waals surface area contributed by atoms with Gasteiger partial charge in [0, 0.05) is 18.0 Å². The van der Waals surface area contributed by atoms with E-state index >= 15 is 0 Å². The Balaban J connectivity index is 2.48. The Morgan fingerprint density at radius 3 is 3.15 bits per heavy atom. The van der Waals surface area contributed by atoms with Gasteiger partial charge in [0.25, 0.3) is 0 Å². The average molecular weight is 174 g/mol. The van der Waals surface area contributed by atoms with Gasteiger partial charge in [0.15, 0.2) is 0 Å². The van der Waals surface area contributed by atoms with Crippen LogP contribution in [0, 0.1) is 11.3 Å². The van der Waals surface area contributed by atoms with Gasteiger partial charge in [-0.2, -0.15) is 5.26 Å². The van der Waals surface area contributed by atoms with Crippen LogP contribution in [0.15, 0.2) is 18.2 Å². The number of ether oxygens (including phenoxy) is 1. The molecule has 1 aliphatic heterocycles. The summed E-state index contributed by atoms with van der Waals surface area (Å²) in [5.74, 6) is 0.817. The third-order valence-corrected chi connectivity index (χ3v) is 2.22. The molecular weight excluding hydrogens is 164 g/mol. The monoisotopic (exact) mass is 174 g/mol. The molecule has 1 aliphatic rings. The number of hydrogen-bond acceptors (Lipinski definition) is 3. The highest BCUT2D eigenvalue weighted by Crippen LogP contribution is 2.30. The molecule has 0 spiro atoms. The minimum Gasteiger partial charge on any atom is -0.493 e. The van der Waals surface area contributed by atoms with E-state index in [1.165, 1.54) is 0 Å². The normalized spacial score (nSPS) is 19.8. The molecule has 1 aromatic carbocycles. The molecule has 3 heteroatoms. The van der Waals surface area contributed by atoms with E-state index < -0.39 is 0 Å². The molecule has 0 saturated carbocycles. The quantitative estimate of drug-likeness (QED) is 0.645. The van der Waals surface area contributed by atoms with E-state index in [1.807, 2.05) is 6.07 Å². The van der Waals surface area contributed by atoms with Crippen LogP contribution in [0.25, 0.3) is 0 Å². The summed E-state index contributed by atoms with van der Waals surface area (Å²) in [6.45, 7) is 0.667. The summed E-state index contributed by atoms with van der Waals surface area (Å²) in [6, 6.07) is 7.46. The van der Waals surface area contributed by atoms with Gasteiger partial charge in [-0.15, -0.1) is 0 Å². The van der Waals surface area contributed by atoms with Gasteiger partial charge in [-0.1, -0.05) is 0 Å². The van der Waals surface area contributed by atoms with Gasteiger partial charge in [0.05, 0.1) is 18.2 Å². The van der Waals surface area contributed by atoms with Gasteiger partial charge >= 0.3 is 0 Å². The minimum absolute atomic E-state index is 0.0112. The first kappa shape index (κ1) is 8.09. The molecule has 1 aromatic rings. The van der Waals surface area contributed by atoms with Crippen LogP contribution in [-0.4, -0.2) is 6.61 Å². The fourth-order valence-corrected chi connectivity index (χ4v) is 1.49. The molecule has 0 aromatic heterocycles. The highest BCUT2D eigenvalue weighted by Gasteiger charge is 2.17. The van der Waals surface area contributed by atoms with Crippen LogP contribution < -0.4 is 10.5 Å². The molecule has 66 valence electrons. The summed E-state index contributed by atoms with van der Waals surface area (Å²) >= 11 is 0. The van der Waals surface area contributed by atoms with Gasteiger partial charge in [0.2, 0.25) is 0 Å². The lowest BCUT2D eigenvalue weighted by Crippen LogP contribution is -2.20. The van der Waals surface area contributed by atoms with E-state index in [1.54, 1.807) is 12.1 Å². The van der Waals surface area contributed by atoms with Crippen molar-refractivity contribution in [2.75, 3.05) is 6.61 Å². The second kappa shape index (κ2) is 3.08. The fourth-order valence-electron chi connectivity index (χ4n) is 1.49. The van der Waals surface area contributed by atoms with Crippen LogP contribution in [0.4, 0.5) is 0 Å². The first-order valence-corrected chi connectivity index (χ1v) is 4.23. The Morgan fingerprint density at radius 1 is 1.54 bits per heavy atom. The van der Waals surface area contributed by atoms with Gasteiger partial charge in [-0.05, 0) is 18.2 Å². The minimum atomic E-state index is 0.0112. The maximum Gasteiger partial charge on any atom is 0.124 e. The lowest BCUT2D eigenvalue weighted by molar-refractivity contribution is 0.269. The fraction of sp³-hybridized carbons (Fsp3) is 0.300. The predicted molar refractivity (Wildman–Crippen MR) is 48.2 cm³/mol. The third kappa shape index (κ3) is 1.36. The lowest BCUT2D eigenvalue weighted by atomic mass is 9.99. The second-order valence-corrected chi connectivity index (χ2v) is 3.11. The van der Waals surface area contributed by atoms with Gasteiger partial charge in [-0.3, -0.25) is 0 Å². The second-order valence-electron chi connectivity index (χ2n) is 3.11. The number of nitrogens with zero attached hydrogens (tertiary/aromatic N) is 1. The topological polar surface area (TPSA) is 59.0 Å². The molecule has 3 nitrogen and oxygen atoms in total. The van der Waals surface area contributed by atoms with Crippen molar-refractivity contribution < 1.29 is 4.74 Å². The SMILES string of the molecule is N#Cc1ccc2c(c1)[C@H](N)CCO2. The van der Waals surface area contributed by atoms with Crippen LogP contribution in [0.3, 0.4) is 0 Å². The van der Waals surface area contributed by atoms with Crippen LogP contribution in [0.2, 0.25) is 0 Å². The molecule has 0 radical (unpaired) electrons. The van der Waals surface area contributed by atoms with Gasteiger partial charge in [-0.25, -0.2) is 0 Å². The van der Waals surface area contributed by atoms with E-state index in [2.05, 4.69) is 6.07 Å². The number of rotatable bonds is 0. The number of hydrogen-bond donors (Lipinski definition) is 1. The summed E-state index contributed by atoms with van der Waals surface area (Å²) in [4.78, 5) is 0. The Bertz CT molecular complexity index is 368. The molecular formula is C10H10N2O. The van der Waals surface area contributed by atoms with Crippen molar-refractivity contribution in [2.24, 2.45) is 5.73 Å².